The van der Waals surface area contributed by atoms with Gasteiger partial charge in [0.1, 0.15) is 0 Å². The van der Waals surface area contributed by atoms with E-state index in [1.807, 2.05) is 6.92 Å². The van der Waals surface area contributed by atoms with E-state index in [4.69, 9.17) is 11.0 Å². The van der Waals surface area contributed by atoms with Gasteiger partial charge in [0.15, 0.2) is 0 Å². The second kappa shape index (κ2) is 7.48. The second-order valence-corrected chi connectivity index (χ2v) is 2.34. The fourth-order valence-electron chi connectivity index (χ4n) is 0.650. The summed E-state index contributed by atoms with van der Waals surface area (Å²) in [6, 6.07) is 2.03. The van der Waals surface area contributed by atoms with Crippen LogP contribution in [-0.2, 0) is 0 Å². The van der Waals surface area contributed by atoms with Crippen LogP contribution in [0.4, 0.5) is 0 Å². The molecule has 11 heavy (non-hydrogen) atoms. The van der Waals surface area contributed by atoms with E-state index >= 15 is 0 Å². The summed E-state index contributed by atoms with van der Waals surface area (Å²) >= 11 is 0. The highest BCUT2D eigenvalue weighted by Gasteiger charge is 1.94. The van der Waals surface area contributed by atoms with Crippen molar-refractivity contribution in [2.24, 2.45) is 5.73 Å². The Labute approximate surface area is 67.8 Å². The van der Waals surface area contributed by atoms with Gasteiger partial charge in [-0.05, 0) is 6.92 Å². The highest BCUT2D eigenvalue weighted by atomic mass is 15.0. The zero-order chi connectivity index (χ0) is 8.53. The lowest BCUT2D eigenvalue weighted by molar-refractivity contribution is 0.591. The van der Waals surface area contributed by atoms with Crippen molar-refractivity contribution in [3.8, 4) is 6.07 Å². The number of nitrogens with two attached hydrogens (primary N) is 1. The minimum Gasteiger partial charge on any atom is -0.329 e. The predicted molar refractivity (Wildman–Crippen MR) is 45.0 cm³/mol. The molecule has 0 aliphatic carbocycles. The topological polar surface area (TPSA) is 73.9 Å². The quantitative estimate of drug-likeness (QED) is 0.433. The van der Waals surface area contributed by atoms with Gasteiger partial charge in [-0.3, -0.25) is 0 Å². The Morgan fingerprint density at radius 1 is 1.45 bits per heavy atom. The van der Waals surface area contributed by atoms with Crippen LogP contribution in [-0.4, -0.2) is 32.2 Å². The zero-order valence-corrected chi connectivity index (χ0v) is 6.93. The largest absolute Gasteiger partial charge is 0.329 e. The smallest absolute Gasteiger partial charge is 0.0924 e. The average Bonchev–Trinajstić information content (AvgIpc) is 2.04. The van der Waals surface area contributed by atoms with Gasteiger partial charge in [-0.25, -0.2) is 0 Å². The summed E-state index contributed by atoms with van der Waals surface area (Å²) in [5.74, 6) is 0. The van der Waals surface area contributed by atoms with Gasteiger partial charge in [-0.1, -0.05) is 0 Å². The minimum atomic E-state index is -0.0605. The van der Waals surface area contributed by atoms with E-state index in [0.29, 0.717) is 6.54 Å². The Balaban J connectivity index is 2.97. The van der Waals surface area contributed by atoms with E-state index in [2.05, 4.69) is 16.7 Å². The van der Waals surface area contributed by atoms with E-state index in [1.54, 1.807) is 0 Å². The van der Waals surface area contributed by atoms with Crippen molar-refractivity contribution in [2.75, 3.05) is 26.2 Å². The van der Waals surface area contributed by atoms with Crippen molar-refractivity contribution >= 4 is 0 Å². The lowest BCUT2D eigenvalue weighted by Crippen LogP contribution is -2.34. The average molecular weight is 156 g/mol. The van der Waals surface area contributed by atoms with Crippen molar-refractivity contribution in [1.82, 2.24) is 10.6 Å². The van der Waals surface area contributed by atoms with Crippen molar-refractivity contribution in [2.45, 2.75) is 13.0 Å². The number of nitrogens with one attached hydrogen (secondary N) is 2. The number of rotatable bonds is 6. The first-order chi connectivity index (χ1) is 5.31. The molecular formula is C7H16N4. The molecule has 0 aromatic carbocycles. The predicted octanol–water partition coefficient (Wildman–Crippen LogP) is -0.964. The first-order valence-corrected chi connectivity index (χ1v) is 3.85. The third-order valence-corrected chi connectivity index (χ3v) is 1.27. The highest BCUT2D eigenvalue weighted by Crippen LogP contribution is 1.73. The van der Waals surface area contributed by atoms with Crippen molar-refractivity contribution in [1.29, 1.82) is 5.26 Å². The van der Waals surface area contributed by atoms with Crippen LogP contribution in [0.2, 0.25) is 0 Å². The van der Waals surface area contributed by atoms with E-state index < -0.39 is 0 Å². The lowest BCUT2D eigenvalue weighted by atomic mass is 10.4. The molecule has 1 unspecified atom stereocenters. The molecule has 0 spiro atoms. The first-order valence-electron chi connectivity index (χ1n) is 3.85. The van der Waals surface area contributed by atoms with Gasteiger partial charge >= 0.3 is 0 Å². The summed E-state index contributed by atoms with van der Waals surface area (Å²) < 4.78 is 0. The number of hydrogen-bond donors (Lipinski definition) is 3. The van der Waals surface area contributed by atoms with E-state index in [0.717, 1.165) is 19.6 Å². The minimum absolute atomic E-state index is 0.0605. The van der Waals surface area contributed by atoms with Crippen LogP contribution in [0.1, 0.15) is 6.92 Å². The van der Waals surface area contributed by atoms with Crippen LogP contribution in [0, 0.1) is 11.3 Å². The molecule has 0 saturated heterocycles. The highest BCUT2D eigenvalue weighted by molar-refractivity contribution is 4.85. The molecule has 0 amide bonds. The molecule has 4 N–H and O–H groups in total. The molecule has 0 bridgehead atoms. The maximum Gasteiger partial charge on any atom is 0.0924 e. The molecular weight excluding hydrogens is 140 g/mol. The maximum atomic E-state index is 8.38. The van der Waals surface area contributed by atoms with Crippen LogP contribution < -0.4 is 16.4 Å². The monoisotopic (exact) mass is 156 g/mol. The Hall–Kier alpha value is -0.630. The summed E-state index contributed by atoms with van der Waals surface area (Å²) in [5, 5.41) is 14.5. The van der Waals surface area contributed by atoms with E-state index in [9.17, 15) is 0 Å². The van der Waals surface area contributed by atoms with Gasteiger partial charge in [-0.2, -0.15) is 5.26 Å². The first kappa shape index (κ1) is 10.4. The normalized spacial score (nSPS) is 12.5. The van der Waals surface area contributed by atoms with Gasteiger partial charge in [0.25, 0.3) is 0 Å². The summed E-state index contributed by atoms with van der Waals surface area (Å²) in [6.45, 7) is 5.01. The van der Waals surface area contributed by atoms with Crippen LogP contribution in [0.25, 0.3) is 0 Å². The fraction of sp³-hybridized carbons (Fsp3) is 0.857. The maximum absolute atomic E-state index is 8.38. The van der Waals surface area contributed by atoms with Crippen molar-refractivity contribution in [3.63, 3.8) is 0 Å². The molecule has 0 aromatic rings. The standard InChI is InChI=1S/C7H16N4/c1-7(6-9)11-5-4-10-3-2-8/h7,10-11H,2-5,8H2,1H3. The Morgan fingerprint density at radius 2 is 2.18 bits per heavy atom. The molecule has 0 aliphatic heterocycles. The van der Waals surface area contributed by atoms with E-state index in [1.165, 1.54) is 0 Å². The summed E-state index contributed by atoms with van der Waals surface area (Å²) in [7, 11) is 0. The van der Waals surface area contributed by atoms with Gasteiger partial charge in [0.05, 0.1) is 12.1 Å². The third-order valence-electron chi connectivity index (χ3n) is 1.27. The Morgan fingerprint density at radius 3 is 2.73 bits per heavy atom. The molecule has 0 saturated carbocycles. The van der Waals surface area contributed by atoms with Crippen LogP contribution in [0.15, 0.2) is 0 Å². The number of nitriles is 1. The van der Waals surface area contributed by atoms with Gasteiger partial charge in [0, 0.05) is 26.2 Å². The Bertz CT molecular complexity index is 118. The number of hydrogen-bond acceptors (Lipinski definition) is 4. The van der Waals surface area contributed by atoms with Gasteiger partial charge in [-0.15, -0.1) is 0 Å². The van der Waals surface area contributed by atoms with Crippen LogP contribution >= 0.6 is 0 Å². The summed E-state index contributed by atoms with van der Waals surface area (Å²) in [4.78, 5) is 0. The lowest BCUT2D eigenvalue weighted by Gasteiger charge is -2.05. The van der Waals surface area contributed by atoms with Gasteiger partial charge in [0.2, 0.25) is 0 Å². The zero-order valence-electron chi connectivity index (χ0n) is 6.93. The molecule has 4 heteroatoms. The molecule has 0 rings (SSSR count). The molecule has 4 nitrogen and oxygen atoms in total. The van der Waals surface area contributed by atoms with Gasteiger partial charge < -0.3 is 16.4 Å². The van der Waals surface area contributed by atoms with Crippen molar-refractivity contribution in [3.05, 3.63) is 0 Å². The molecule has 64 valence electrons. The van der Waals surface area contributed by atoms with Crippen LogP contribution in [0.3, 0.4) is 0 Å². The molecule has 0 aliphatic rings. The third kappa shape index (κ3) is 7.26. The molecule has 0 aromatic heterocycles. The summed E-state index contributed by atoms with van der Waals surface area (Å²) in [5.41, 5.74) is 5.26. The van der Waals surface area contributed by atoms with Crippen molar-refractivity contribution < 1.29 is 0 Å². The Kier molecular flexibility index (Phi) is 7.05. The SMILES string of the molecule is CC(C#N)NCCNCCN. The van der Waals surface area contributed by atoms with Crippen LogP contribution in [0.5, 0.6) is 0 Å². The second-order valence-electron chi connectivity index (χ2n) is 2.34. The fourth-order valence-corrected chi connectivity index (χ4v) is 0.650. The molecule has 0 radical (unpaired) electrons. The van der Waals surface area contributed by atoms with E-state index in [-0.39, 0.29) is 6.04 Å². The summed E-state index contributed by atoms with van der Waals surface area (Å²) in [6.07, 6.45) is 0. The number of nitrogens with zero attached hydrogens (tertiary/aromatic N) is 1. The molecule has 1 atom stereocenters. The molecule has 0 fully saturated rings. The molecule has 0 heterocycles.